The van der Waals surface area contributed by atoms with Crippen molar-refractivity contribution in [2.45, 2.75) is 25.5 Å². The molecular weight excluding hydrogens is 346 g/mol. The number of nitrogens with zero attached hydrogens (tertiary/aromatic N) is 1. The van der Waals surface area contributed by atoms with Gasteiger partial charge in [-0.25, -0.2) is 0 Å². The van der Waals surface area contributed by atoms with Crippen LogP contribution in [0.3, 0.4) is 0 Å². The normalized spacial score (nSPS) is 24.8. The molecule has 2 aromatic rings. The zero-order chi connectivity index (χ0) is 17.2. The Morgan fingerprint density at radius 2 is 2.04 bits per heavy atom. The molecule has 0 bridgehead atoms. The van der Waals surface area contributed by atoms with Crippen LogP contribution >= 0.6 is 22.9 Å². The first kappa shape index (κ1) is 17.4. The number of thiophene rings is 1. The average molecular weight is 366 g/mol. The van der Waals surface area contributed by atoms with Gasteiger partial charge in [0.05, 0.1) is 10.4 Å². The number of aliphatic hydroxyl groups excluding tert-OH is 1. The number of rotatable bonds is 5. The molecule has 1 fully saturated rings. The SMILES string of the molecule is O=C(O)[C@@]1(Cc2ccccc2)CCN(Cc2ccc(Cl)s2)C[C@@H]1O. The van der Waals surface area contributed by atoms with Gasteiger partial charge in [-0.3, -0.25) is 9.69 Å². The number of carbonyl (C=O) groups is 1. The van der Waals surface area contributed by atoms with E-state index in [9.17, 15) is 15.0 Å². The average Bonchev–Trinajstić information content (AvgIpc) is 2.96. The van der Waals surface area contributed by atoms with Crippen LogP contribution in [0.2, 0.25) is 4.34 Å². The van der Waals surface area contributed by atoms with Crippen LogP contribution in [-0.2, 0) is 17.8 Å². The molecule has 0 saturated carbocycles. The van der Waals surface area contributed by atoms with Gasteiger partial charge in [-0.2, -0.15) is 0 Å². The molecule has 0 aliphatic carbocycles. The number of halogens is 1. The van der Waals surface area contributed by atoms with E-state index in [1.165, 1.54) is 11.3 Å². The standard InChI is InChI=1S/C18H20ClNO3S/c19-16-7-6-14(24-16)11-20-9-8-18(17(22)23,15(21)12-20)10-13-4-2-1-3-5-13/h1-7,15,21H,8-12H2,(H,22,23)/t15-,18+/m0/s1. The fraction of sp³-hybridized carbons (Fsp3) is 0.389. The Hall–Kier alpha value is -1.40. The van der Waals surface area contributed by atoms with Crippen LogP contribution in [0.15, 0.2) is 42.5 Å². The van der Waals surface area contributed by atoms with Crippen molar-refractivity contribution < 1.29 is 15.0 Å². The molecule has 1 aliphatic rings. The Labute approximate surface area is 150 Å². The van der Waals surface area contributed by atoms with Crippen molar-refractivity contribution in [3.8, 4) is 0 Å². The first-order valence-corrected chi connectivity index (χ1v) is 9.11. The van der Waals surface area contributed by atoms with Gasteiger partial charge in [0.1, 0.15) is 5.41 Å². The minimum atomic E-state index is -1.12. The number of carboxylic acids is 1. The lowest BCUT2D eigenvalue weighted by atomic mass is 9.71. The summed E-state index contributed by atoms with van der Waals surface area (Å²) < 4.78 is 0.742. The number of β-amino-alcohol motifs (C(OH)–C–C–N with tert-alkyl or cyclic N) is 1. The van der Waals surface area contributed by atoms with Gasteiger partial charge >= 0.3 is 5.97 Å². The molecule has 0 radical (unpaired) electrons. The van der Waals surface area contributed by atoms with Gasteiger partial charge < -0.3 is 10.2 Å². The van der Waals surface area contributed by atoms with Crippen LogP contribution in [0.25, 0.3) is 0 Å². The summed E-state index contributed by atoms with van der Waals surface area (Å²) in [6.07, 6.45) is -0.125. The van der Waals surface area contributed by atoms with E-state index in [1.807, 2.05) is 42.5 Å². The lowest BCUT2D eigenvalue weighted by Crippen LogP contribution is -2.55. The van der Waals surface area contributed by atoms with Gasteiger partial charge in [-0.05, 0) is 37.1 Å². The van der Waals surface area contributed by atoms with E-state index in [2.05, 4.69) is 4.90 Å². The molecule has 1 saturated heterocycles. The van der Waals surface area contributed by atoms with E-state index in [1.54, 1.807) is 0 Å². The minimum Gasteiger partial charge on any atom is -0.481 e. The van der Waals surface area contributed by atoms with Gasteiger partial charge in [-0.1, -0.05) is 41.9 Å². The molecule has 1 aromatic carbocycles. The lowest BCUT2D eigenvalue weighted by Gasteiger charge is -2.42. The molecule has 128 valence electrons. The Balaban J connectivity index is 1.72. The van der Waals surface area contributed by atoms with Gasteiger partial charge in [0.2, 0.25) is 0 Å². The van der Waals surface area contributed by atoms with Crippen molar-refractivity contribution >= 4 is 28.9 Å². The van der Waals surface area contributed by atoms with Crippen molar-refractivity contribution in [1.29, 1.82) is 0 Å². The molecule has 24 heavy (non-hydrogen) atoms. The number of aliphatic hydroxyl groups is 1. The summed E-state index contributed by atoms with van der Waals surface area (Å²) in [5, 5.41) is 20.5. The zero-order valence-corrected chi connectivity index (χ0v) is 14.8. The molecule has 2 heterocycles. The Kier molecular flexibility index (Phi) is 5.25. The van der Waals surface area contributed by atoms with Crippen LogP contribution in [0.5, 0.6) is 0 Å². The third kappa shape index (κ3) is 3.64. The van der Waals surface area contributed by atoms with E-state index in [0.717, 1.165) is 14.8 Å². The van der Waals surface area contributed by atoms with Gasteiger partial charge in [0.25, 0.3) is 0 Å². The first-order valence-electron chi connectivity index (χ1n) is 7.91. The highest BCUT2D eigenvalue weighted by atomic mass is 35.5. The summed E-state index contributed by atoms with van der Waals surface area (Å²) in [6, 6.07) is 13.4. The van der Waals surface area contributed by atoms with E-state index >= 15 is 0 Å². The summed E-state index contributed by atoms with van der Waals surface area (Å²) in [4.78, 5) is 15.2. The van der Waals surface area contributed by atoms with Crippen molar-refractivity contribution in [3.63, 3.8) is 0 Å². The highest BCUT2D eigenvalue weighted by molar-refractivity contribution is 7.16. The molecule has 0 amide bonds. The number of benzene rings is 1. The van der Waals surface area contributed by atoms with E-state index in [-0.39, 0.29) is 0 Å². The Morgan fingerprint density at radius 1 is 1.29 bits per heavy atom. The van der Waals surface area contributed by atoms with E-state index in [0.29, 0.717) is 32.5 Å². The van der Waals surface area contributed by atoms with E-state index < -0.39 is 17.5 Å². The number of piperidine rings is 1. The monoisotopic (exact) mass is 365 g/mol. The van der Waals surface area contributed by atoms with E-state index in [4.69, 9.17) is 11.6 Å². The quantitative estimate of drug-likeness (QED) is 0.853. The predicted octanol–water partition coefficient (Wildman–Crippen LogP) is 3.28. The maximum atomic E-state index is 12.0. The molecule has 1 aliphatic heterocycles. The number of likely N-dealkylation sites (tertiary alicyclic amines) is 1. The highest BCUT2D eigenvalue weighted by Gasteiger charge is 2.48. The molecule has 0 spiro atoms. The fourth-order valence-electron chi connectivity index (χ4n) is 3.33. The van der Waals surface area contributed by atoms with Gasteiger partial charge in [0, 0.05) is 18.0 Å². The molecule has 2 atom stereocenters. The second kappa shape index (κ2) is 7.23. The molecule has 6 heteroatoms. The molecule has 0 unspecified atom stereocenters. The largest absolute Gasteiger partial charge is 0.481 e. The molecule has 1 aromatic heterocycles. The zero-order valence-electron chi connectivity index (χ0n) is 13.2. The summed E-state index contributed by atoms with van der Waals surface area (Å²) >= 11 is 7.47. The number of carboxylic acid groups (broad SMARTS) is 1. The van der Waals surface area contributed by atoms with Crippen molar-refractivity contribution in [3.05, 3.63) is 57.2 Å². The Bertz CT molecular complexity index is 705. The first-order chi connectivity index (χ1) is 11.5. The van der Waals surface area contributed by atoms with Crippen LogP contribution in [-0.4, -0.2) is 40.3 Å². The number of aliphatic carboxylic acids is 1. The summed E-state index contributed by atoms with van der Waals surface area (Å²) in [5.74, 6) is -0.919. The lowest BCUT2D eigenvalue weighted by molar-refractivity contribution is -0.163. The van der Waals surface area contributed by atoms with Crippen LogP contribution in [0.4, 0.5) is 0 Å². The fourth-order valence-corrected chi connectivity index (χ4v) is 4.46. The van der Waals surface area contributed by atoms with Crippen LogP contribution in [0.1, 0.15) is 16.9 Å². The highest BCUT2D eigenvalue weighted by Crippen LogP contribution is 2.37. The molecular formula is C18H20ClNO3S. The maximum Gasteiger partial charge on any atom is 0.312 e. The smallest absolute Gasteiger partial charge is 0.312 e. The second-order valence-electron chi connectivity index (χ2n) is 6.33. The van der Waals surface area contributed by atoms with Crippen LogP contribution in [0, 0.1) is 5.41 Å². The summed E-state index contributed by atoms with van der Waals surface area (Å²) in [5.41, 5.74) is -0.178. The minimum absolute atomic E-state index is 0.350. The maximum absolute atomic E-state index is 12.0. The van der Waals surface area contributed by atoms with Crippen molar-refractivity contribution in [1.82, 2.24) is 4.90 Å². The van der Waals surface area contributed by atoms with Gasteiger partial charge in [-0.15, -0.1) is 11.3 Å². The predicted molar refractivity (Wildman–Crippen MR) is 95.4 cm³/mol. The topological polar surface area (TPSA) is 60.8 Å². The van der Waals surface area contributed by atoms with Crippen molar-refractivity contribution in [2.24, 2.45) is 5.41 Å². The third-order valence-corrected chi connectivity index (χ3v) is 5.96. The summed E-state index contributed by atoms with van der Waals surface area (Å²) in [7, 11) is 0. The van der Waals surface area contributed by atoms with Gasteiger partial charge in [0.15, 0.2) is 0 Å². The summed E-state index contributed by atoms with van der Waals surface area (Å²) in [6.45, 7) is 1.69. The van der Waals surface area contributed by atoms with Crippen molar-refractivity contribution in [2.75, 3.05) is 13.1 Å². The molecule has 3 rings (SSSR count). The molecule has 2 N–H and O–H groups in total. The van der Waals surface area contributed by atoms with Crippen LogP contribution < -0.4 is 0 Å². The Morgan fingerprint density at radius 3 is 2.62 bits per heavy atom. The number of hydrogen-bond donors (Lipinski definition) is 2. The third-order valence-electron chi connectivity index (χ3n) is 4.74. The molecule has 4 nitrogen and oxygen atoms in total. The number of hydrogen-bond acceptors (Lipinski definition) is 4. The second-order valence-corrected chi connectivity index (χ2v) is 8.13.